The van der Waals surface area contributed by atoms with E-state index in [4.69, 9.17) is 4.42 Å². The van der Waals surface area contributed by atoms with Gasteiger partial charge >= 0.3 is 0 Å². The Labute approximate surface area is 369 Å². The van der Waals surface area contributed by atoms with Gasteiger partial charge in [0.25, 0.3) is 0 Å². The lowest BCUT2D eigenvalue weighted by atomic mass is 9.80. The first-order chi connectivity index (χ1) is 30.8. The van der Waals surface area contributed by atoms with E-state index in [1.807, 2.05) is 0 Å². The number of furan rings is 1. The second-order valence-corrected chi connectivity index (χ2v) is 17.4. The maximum Gasteiger partial charge on any atom is 0.159 e. The minimum atomic E-state index is -0.469. The van der Waals surface area contributed by atoms with Crippen LogP contribution in [0.5, 0.6) is 0 Å². The summed E-state index contributed by atoms with van der Waals surface area (Å²) in [5.41, 5.74) is 16.3. The Morgan fingerprint density at radius 3 is 2.02 bits per heavy atom. The summed E-state index contributed by atoms with van der Waals surface area (Å²) < 4.78 is 7.12. The third-order valence-electron chi connectivity index (χ3n) is 13.1. The van der Waals surface area contributed by atoms with Crippen LogP contribution in [-0.2, 0) is 5.41 Å². The first-order valence-electron chi connectivity index (χ1n) is 21.9. The molecule has 0 fully saturated rings. The third kappa shape index (κ3) is 6.26. The smallest absolute Gasteiger partial charge is 0.159 e. The molecule has 0 atom stereocenters. The molecule has 2 aliphatic carbocycles. The number of hydrogen-bond donors (Lipinski definition) is 0. The lowest BCUT2D eigenvalue weighted by Crippen LogP contribution is -2.22. The fourth-order valence-electron chi connectivity index (χ4n) is 10.1. The second kappa shape index (κ2) is 15.1. The van der Waals surface area contributed by atoms with Gasteiger partial charge in [0.1, 0.15) is 5.58 Å². The van der Waals surface area contributed by atoms with Gasteiger partial charge in [-0.3, -0.25) is 0 Å². The lowest BCUT2D eigenvalue weighted by Gasteiger charge is -2.34. The van der Waals surface area contributed by atoms with Gasteiger partial charge in [0.05, 0.1) is 11.4 Å². The van der Waals surface area contributed by atoms with Crippen LogP contribution < -0.4 is 9.80 Å². The van der Waals surface area contributed by atoms with Crippen LogP contribution >= 0.6 is 0 Å². The van der Waals surface area contributed by atoms with Crippen molar-refractivity contribution in [1.82, 2.24) is 0 Å². The van der Waals surface area contributed by atoms with E-state index in [0.717, 1.165) is 68.1 Å². The van der Waals surface area contributed by atoms with Crippen molar-refractivity contribution in [3.05, 3.63) is 234 Å². The Morgan fingerprint density at radius 2 is 1.24 bits per heavy atom. The molecular weight excluding hydrogens is 765 g/mol. The lowest BCUT2D eigenvalue weighted by molar-refractivity contribution is 0.648. The molecule has 1 heterocycles. The highest BCUT2D eigenvalue weighted by Gasteiger charge is 2.43. The van der Waals surface area contributed by atoms with Gasteiger partial charge in [-0.25, -0.2) is 0 Å². The fraction of sp³-hybridized carbons (Fsp3) is 0.100. The number of fused-ring (bicyclic) bond motifs is 9. The summed E-state index contributed by atoms with van der Waals surface area (Å²) >= 11 is 0. The molecule has 0 radical (unpaired) electrons. The van der Waals surface area contributed by atoms with E-state index in [1.54, 1.807) is 0 Å². The number of para-hydroxylation sites is 3. The Bertz CT molecular complexity index is 3460. The molecule has 0 bridgehead atoms. The zero-order chi connectivity index (χ0) is 42.8. The standard InChI is InChI=1S/C60H48N2O/c1-39-20-8-6-7-9-25-44(34-32-39)61(52-29-17-10-21-40(52)2)54-38-51-56(48-28-15-14-26-46(48)54)50-37-49-47-27-16-19-31-55(47)63-59(49)58(57(50)60(51,4)5)62(53-30-18-11-22-41(53)3)45-35-33-42-23-12-13-24-43(42)36-45/h6-8,10-38H,1,9H2,2-5H3/b7-6-,20-8-,34-32-,44-25+. The van der Waals surface area contributed by atoms with Crippen molar-refractivity contribution in [2.45, 2.75) is 39.5 Å². The molecule has 8 aromatic carbocycles. The fourth-order valence-corrected chi connectivity index (χ4v) is 10.1. The van der Waals surface area contributed by atoms with Gasteiger partial charge in [-0.05, 0) is 124 Å². The molecule has 63 heavy (non-hydrogen) atoms. The Hall–Kier alpha value is -7.62. The molecule has 2 aliphatic rings. The average molecular weight is 813 g/mol. The maximum absolute atomic E-state index is 7.12. The summed E-state index contributed by atoms with van der Waals surface area (Å²) in [6.07, 6.45) is 15.9. The van der Waals surface area contributed by atoms with E-state index >= 15 is 0 Å². The predicted molar refractivity (Wildman–Crippen MR) is 268 cm³/mol. The van der Waals surface area contributed by atoms with E-state index in [-0.39, 0.29) is 0 Å². The van der Waals surface area contributed by atoms with E-state index in [0.29, 0.717) is 0 Å². The van der Waals surface area contributed by atoms with Crippen molar-refractivity contribution in [2.75, 3.05) is 9.80 Å². The number of allylic oxidation sites excluding steroid dienone is 8. The van der Waals surface area contributed by atoms with E-state index in [9.17, 15) is 0 Å². The van der Waals surface area contributed by atoms with Crippen molar-refractivity contribution < 1.29 is 4.42 Å². The highest BCUT2D eigenvalue weighted by Crippen LogP contribution is 2.60. The molecular formula is C60H48N2O. The SMILES string of the molecule is C=C1/C=C\C=C/C/C=C(N(c2ccccc2C)c2cc3c(c4ccccc24)-c2cc4c(oc5ccccc54)c(N(c4ccc5ccccc5c4)c4ccccc4C)c2C3(C)C)\C=C/1. The van der Waals surface area contributed by atoms with Gasteiger partial charge in [0.15, 0.2) is 5.58 Å². The first-order valence-corrected chi connectivity index (χ1v) is 21.9. The van der Waals surface area contributed by atoms with E-state index < -0.39 is 5.41 Å². The number of nitrogens with zero attached hydrogens (tertiary/aromatic N) is 2. The molecule has 0 spiro atoms. The number of anilines is 5. The molecule has 3 heteroatoms. The summed E-state index contributed by atoms with van der Waals surface area (Å²) in [4.78, 5) is 4.95. The molecule has 0 N–H and O–H groups in total. The second-order valence-electron chi connectivity index (χ2n) is 17.4. The summed E-state index contributed by atoms with van der Waals surface area (Å²) in [5, 5.41) is 7.02. The molecule has 304 valence electrons. The first kappa shape index (κ1) is 38.3. The highest BCUT2D eigenvalue weighted by molar-refractivity contribution is 6.18. The van der Waals surface area contributed by atoms with Crippen molar-refractivity contribution >= 4 is 71.9 Å². The van der Waals surface area contributed by atoms with Crippen LogP contribution in [0.1, 0.15) is 42.5 Å². The van der Waals surface area contributed by atoms with Crippen LogP contribution in [0.25, 0.3) is 54.6 Å². The van der Waals surface area contributed by atoms with E-state index in [1.165, 1.54) is 54.9 Å². The largest absolute Gasteiger partial charge is 0.454 e. The van der Waals surface area contributed by atoms with Crippen LogP contribution in [0.15, 0.2) is 216 Å². The molecule has 1 aromatic heterocycles. The molecule has 0 amide bonds. The average Bonchev–Trinajstić information content (AvgIpc) is 3.79. The molecule has 0 saturated heterocycles. The summed E-state index contributed by atoms with van der Waals surface area (Å²) in [5.74, 6) is 0. The topological polar surface area (TPSA) is 19.6 Å². The number of benzene rings is 8. The number of hydrogen-bond acceptors (Lipinski definition) is 3. The van der Waals surface area contributed by atoms with Crippen LogP contribution in [0.2, 0.25) is 0 Å². The van der Waals surface area contributed by atoms with Gasteiger partial charge < -0.3 is 14.2 Å². The minimum absolute atomic E-state index is 0.469. The summed E-state index contributed by atoms with van der Waals surface area (Å²) in [6, 6.07) is 55.4. The van der Waals surface area contributed by atoms with Gasteiger partial charge in [-0.1, -0.05) is 166 Å². The zero-order valence-corrected chi connectivity index (χ0v) is 36.2. The van der Waals surface area contributed by atoms with Crippen molar-refractivity contribution in [3.63, 3.8) is 0 Å². The normalized spacial score (nSPS) is 16.7. The third-order valence-corrected chi connectivity index (χ3v) is 13.1. The van der Waals surface area contributed by atoms with Crippen LogP contribution in [0.3, 0.4) is 0 Å². The Morgan fingerprint density at radius 1 is 0.571 bits per heavy atom. The molecule has 0 unspecified atom stereocenters. The van der Waals surface area contributed by atoms with Crippen molar-refractivity contribution in [1.29, 1.82) is 0 Å². The maximum atomic E-state index is 7.12. The van der Waals surface area contributed by atoms with Crippen molar-refractivity contribution in [3.8, 4) is 11.1 Å². The van der Waals surface area contributed by atoms with Crippen LogP contribution in [0, 0.1) is 13.8 Å². The van der Waals surface area contributed by atoms with Gasteiger partial charge in [0.2, 0.25) is 0 Å². The van der Waals surface area contributed by atoms with Crippen LogP contribution in [0.4, 0.5) is 28.4 Å². The molecule has 11 rings (SSSR count). The number of aryl methyl sites for hydroxylation is 2. The van der Waals surface area contributed by atoms with Crippen LogP contribution in [-0.4, -0.2) is 0 Å². The summed E-state index contributed by atoms with van der Waals surface area (Å²) in [7, 11) is 0. The quantitative estimate of drug-likeness (QED) is 0.167. The van der Waals surface area contributed by atoms with E-state index in [2.05, 4.69) is 238 Å². The Kier molecular flexibility index (Phi) is 9.17. The zero-order valence-electron chi connectivity index (χ0n) is 36.2. The monoisotopic (exact) mass is 812 g/mol. The Balaban J connectivity index is 1.25. The number of rotatable bonds is 6. The van der Waals surface area contributed by atoms with Crippen molar-refractivity contribution in [2.24, 2.45) is 0 Å². The van der Waals surface area contributed by atoms with Gasteiger partial charge in [-0.2, -0.15) is 0 Å². The van der Waals surface area contributed by atoms with Gasteiger partial charge in [0, 0.05) is 44.3 Å². The van der Waals surface area contributed by atoms with Gasteiger partial charge in [-0.15, -0.1) is 0 Å². The minimum Gasteiger partial charge on any atom is -0.454 e. The molecule has 3 nitrogen and oxygen atoms in total. The molecule has 0 saturated carbocycles. The predicted octanol–water partition coefficient (Wildman–Crippen LogP) is 16.9. The molecule has 0 aliphatic heterocycles. The highest BCUT2D eigenvalue weighted by atomic mass is 16.3. The molecule has 9 aromatic rings. The summed E-state index contributed by atoms with van der Waals surface area (Å²) in [6.45, 7) is 13.6.